The number of hydrogen-bond acceptors (Lipinski definition) is 4. The van der Waals surface area contributed by atoms with Gasteiger partial charge in [0, 0.05) is 12.2 Å². The van der Waals surface area contributed by atoms with Gasteiger partial charge >= 0.3 is 5.69 Å². The van der Waals surface area contributed by atoms with Gasteiger partial charge in [0.25, 0.3) is 0 Å². The van der Waals surface area contributed by atoms with Gasteiger partial charge in [-0.25, -0.2) is 14.3 Å². The Labute approximate surface area is 166 Å². The Hall–Kier alpha value is -2.87. The lowest BCUT2D eigenvalue weighted by Crippen LogP contribution is -2.21. The van der Waals surface area contributed by atoms with E-state index in [1.165, 1.54) is 36.0 Å². The second-order valence-electron chi connectivity index (χ2n) is 6.22. The summed E-state index contributed by atoms with van der Waals surface area (Å²) >= 11 is 1.20. The molecule has 3 rings (SSSR count). The molecule has 8 heteroatoms. The molecule has 1 amide bonds. The highest BCUT2D eigenvalue weighted by Crippen LogP contribution is 2.34. The number of nitrogens with one attached hydrogen (secondary N) is 2. The molecule has 0 spiro atoms. The summed E-state index contributed by atoms with van der Waals surface area (Å²) in [4.78, 5) is 25.0. The van der Waals surface area contributed by atoms with E-state index in [-0.39, 0.29) is 17.4 Å². The minimum atomic E-state index is -0.623. The molecule has 1 atom stereocenters. The van der Waals surface area contributed by atoms with Gasteiger partial charge in [-0.15, -0.1) is 5.10 Å². The highest BCUT2D eigenvalue weighted by atomic mass is 32.2. The molecule has 0 aliphatic heterocycles. The molecule has 0 saturated heterocycles. The zero-order valence-corrected chi connectivity index (χ0v) is 16.2. The number of benzene rings is 2. The maximum absolute atomic E-state index is 13.1. The average molecular weight is 400 g/mol. The first kappa shape index (κ1) is 19.9. The van der Waals surface area contributed by atoms with Crippen LogP contribution in [0.2, 0.25) is 0 Å². The number of thioether (sulfide) groups is 1. The van der Waals surface area contributed by atoms with Gasteiger partial charge < -0.3 is 5.32 Å². The number of aromatic amines is 1. The maximum Gasteiger partial charge on any atom is 0.343 e. The van der Waals surface area contributed by atoms with Crippen molar-refractivity contribution in [3.63, 3.8) is 0 Å². The van der Waals surface area contributed by atoms with E-state index in [4.69, 9.17) is 0 Å². The van der Waals surface area contributed by atoms with Crippen molar-refractivity contribution >= 4 is 23.4 Å². The molecule has 0 bridgehead atoms. The predicted octanol–water partition coefficient (Wildman–Crippen LogP) is 3.98. The van der Waals surface area contributed by atoms with Gasteiger partial charge in [-0.1, -0.05) is 55.4 Å². The summed E-state index contributed by atoms with van der Waals surface area (Å²) < 4.78 is 14.7. The van der Waals surface area contributed by atoms with E-state index in [1.807, 2.05) is 37.3 Å². The Bertz CT molecular complexity index is 970. The number of aromatic nitrogens is 3. The molecule has 0 radical (unpaired) electrons. The fraction of sp³-hybridized carbons (Fsp3) is 0.250. The molecule has 1 aromatic heterocycles. The van der Waals surface area contributed by atoms with Crippen molar-refractivity contribution in [2.45, 2.75) is 36.7 Å². The molecular formula is C20H21FN4O2S. The van der Waals surface area contributed by atoms with Crippen molar-refractivity contribution in [1.29, 1.82) is 0 Å². The van der Waals surface area contributed by atoms with E-state index >= 15 is 0 Å². The van der Waals surface area contributed by atoms with E-state index < -0.39 is 5.25 Å². The van der Waals surface area contributed by atoms with Gasteiger partial charge in [-0.2, -0.15) is 0 Å². The monoisotopic (exact) mass is 400 g/mol. The number of unbranched alkanes of at least 4 members (excludes halogenated alkanes) is 1. The van der Waals surface area contributed by atoms with E-state index in [2.05, 4.69) is 15.5 Å². The van der Waals surface area contributed by atoms with Crippen LogP contribution < -0.4 is 11.0 Å². The topological polar surface area (TPSA) is 79.8 Å². The number of nitrogens with zero attached hydrogens (tertiary/aromatic N) is 2. The summed E-state index contributed by atoms with van der Waals surface area (Å²) in [5.41, 5.74) is 0.990. The molecule has 0 fully saturated rings. The fourth-order valence-corrected chi connectivity index (χ4v) is 3.72. The second-order valence-corrected chi connectivity index (χ2v) is 7.29. The Morgan fingerprint density at radius 3 is 2.61 bits per heavy atom. The van der Waals surface area contributed by atoms with Crippen molar-refractivity contribution in [3.05, 3.63) is 76.5 Å². The number of amides is 1. The SMILES string of the molecule is CCCCn1c(SC(C(=O)Nc2ccc(F)cc2)c2ccccc2)n[nH]c1=O. The van der Waals surface area contributed by atoms with Crippen LogP contribution in [0.15, 0.2) is 64.5 Å². The van der Waals surface area contributed by atoms with Gasteiger partial charge in [0.05, 0.1) is 0 Å². The fourth-order valence-electron chi connectivity index (χ4n) is 2.65. The molecule has 146 valence electrons. The van der Waals surface area contributed by atoms with Crippen LogP contribution in [-0.4, -0.2) is 20.7 Å². The summed E-state index contributed by atoms with van der Waals surface area (Å²) in [5, 5.41) is 9.20. The first-order chi connectivity index (χ1) is 13.6. The molecule has 28 heavy (non-hydrogen) atoms. The number of carbonyl (C=O) groups excluding carboxylic acids is 1. The molecule has 1 heterocycles. The summed E-state index contributed by atoms with van der Waals surface area (Å²) in [6.45, 7) is 2.58. The number of H-pyrrole nitrogens is 1. The number of rotatable bonds is 8. The Morgan fingerprint density at radius 1 is 1.21 bits per heavy atom. The Kier molecular flexibility index (Phi) is 6.65. The van der Waals surface area contributed by atoms with E-state index in [1.54, 1.807) is 4.57 Å². The summed E-state index contributed by atoms with van der Waals surface area (Å²) in [6.07, 6.45) is 1.78. The van der Waals surface area contributed by atoms with Gasteiger partial charge in [0.2, 0.25) is 5.91 Å². The van der Waals surface area contributed by atoms with E-state index in [0.29, 0.717) is 17.4 Å². The minimum Gasteiger partial charge on any atom is -0.325 e. The summed E-state index contributed by atoms with van der Waals surface area (Å²) in [6, 6.07) is 14.9. The van der Waals surface area contributed by atoms with Crippen LogP contribution in [0.4, 0.5) is 10.1 Å². The van der Waals surface area contributed by atoms with Gasteiger partial charge in [-0.3, -0.25) is 9.36 Å². The summed E-state index contributed by atoms with van der Waals surface area (Å²) in [7, 11) is 0. The van der Waals surface area contributed by atoms with Crippen LogP contribution in [-0.2, 0) is 11.3 Å². The van der Waals surface area contributed by atoms with E-state index in [9.17, 15) is 14.0 Å². The molecule has 1 unspecified atom stereocenters. The number of carbonyl (C=O) groups is 1. The van der Waals surface area contributed by atoms with Crippen LogP contribution in [0.1, 0.15) is 30.6 Å². The van der Waals surface area contributed by atoms with E-state index in [0.717, 1.165) is 18.4 Å². The lowest BCUT2D eigenvalue weighted by Gasteiger charge is -2.17. The molecule has 3 aromatic rings. The van der Waals surface area contributed by atoms with Crippen LogP contribution in [0.3, 0.4) is 0 Å². The molecular weight excluding hydrogens is 379 g/mol. The molecule has 6 nitrogen and oxygen atoms in total. The van der Waals surface area contributed by atoms with Crippen molar-refractivity contribution in [2.24, 2.45) is 0 Å². The second kappa shape index (κ2) is 9.36. The van der Waals surface area contributed by atoms with Crippen LogP contribution in [0, 0.1) is 5.82 Å². The first-order valence-corrected chi connectivity index (χ1v) is 9.89. The number of hydrogen-bond donors (Lipinski definition) is 2. The van der Waals surface area contributed by atoms with Gasteiger partial charge in [0.15, 0.2) is 5.16 Å². The van der Waals surface area contributed by atoms with Gasteiger partial charge in [-0.05, 0) is 36.2 Å². The van der Waals surface area contributed by atoms with Gasteiger partial charge in [0.1, 0.15) is 11.1 Å². The third-order valence-corrected chi connectivity index (χ3v) is 5.38. The normalized spacial score (nSPS) is 11.9. The predicted molar refractivity (Wildman–Crippen MR) is 108 cm³/mol. The standard InChI is InChI=1S/C20H21FN4O2S/c1-2-3-13-25-19(27)23-24-20(25)28-17(14-7-5-4-6-8-14)18(26)22-16-11-9-15(21)10-12-16/h4-12,17H,2-3,13H2,1H3,(H,22,26)(H,23,27). The lowest BCUT2D eigenvalue weighted by atomic mass is 10.1. The van der Waals surface area contributed by atoms with Crippen LogP contribution in [0.25, 0.3) is 0 Å². The quantitative estimate of drug-likeness (QED) is 0.561. The molecule has 0 aliphatic carbocycles. The average Bonchev–Trinajstić information content (AvgIpc) is 3.06. The molecule has 2 aromatic carbocycles. The lowest BCUT2D eigenvalue weighted by molar-refractivity contribution is -0.115. The largest absolute Gasteiger partial charge is 0.343 e. The highest BCUT2D eigenvalue weighted by molar-refractivity contribution is 8.00. The molecule has 0 aliphatic rings. The third-order valence-electron chi connectivity index (χ3n) is 4.13. The molecule has 0 saturated carbocycles. The first-order valence-electron chi connectivity index (χ1n) is 9.01. The van der Waals surface area contributed by atoms with Crippen molar-refractivity contribution < 1.29 is 9.18 Å². The van der Waals surface area contributed by atoms with Crippen molar-refractivity contribution in [2.75, 3.05) is 5.32 Å². The summed E-state index contributed by atoms with van der Waals surface area (Å²) in [5.74, 6) is -0.649. The zero-order chi connectivity index (χ0) is 19.9. The number of halogens is 1. The smallest absolute Gasteiger partial charge is 0.325 e. The Morgan fingerprint density at radius 2 is 1.93 bits per heavy atom. The Balaban J connectivity index is 1.87. The minimum absolute atomic E-state index is 0.278. The van der Waals surface area contributed by atoms with Crippen molar-refractivity contribution in [1.82, 2.24) is 14.8 Å². The number of anilines is 1. The maximum atomic E-state index is 13.1. The van der Waals surface area contributed by atoms with Crippen LogP contribution >= 0.6 is 11.8 Å². The highest BCUT2D eigenvalue weighted by Gasteiger charge is 2.25. The zero-order valence-electron chi connectivity index (χ0n) is 15.4. The third kappa shape index (κ3) is 4.89. The van der Waals surface area contributed by atoms with Crippen molar-refractivity contribution in [3.8, 4) is 0 Å². The van der Waals surface area contributed by atoms with Crippen LogP contribution in [0.5, 0.6) is 0 Å². The molecule has 2 N–H and O–H groups in total.